The fourth-order valence-electron chi connectivity index (χ4n) is 1.80. The standard InChI is InChI=1S/C13H17F3O2/c1-2-12(8-17,9-18)7-10-4-3-5-11(6-10)13(14,15)16/h3-6,17-18H,2,7-9H2,1H3. The maximum Gasteiger partial charge on any atom is 0.416 e. The Hall–Kier alpha value is -1.07. The fraction of sp³-hybridized carbons (Fsp3) is 0.538. The molecule has 0 atom stereocenters. The minimum atomic E-state index is -4.37. The Balaban J connectivity index is 2.98. The molecule has 0 saturated heterocycles. The summed E-state index contributed by atoms with van der Waals surface area (Å²) in [6.07, 6.45) is -3.65. The van der Waals surface area contributed by atoms with Gasteiger partial charge in [-0.25, -0.2) is 0 Å². The van der Waals surface area contributed by atoms with E-state index in [9.17, 15) is 23.4 Å². The number of aliphatic hydroxyl groups excluding tert-OH is 2. The van der Waals surface area contributed by atoms with Gasteiger partial charge in [0, 0.05) is 5.41 Å². The Morgan fingerprint density at radius 3 is 2.17 bits per heavy atom. The van der Waals surface area contributed by atoms with E-state index in [0.29, 0.717) is 12.0 Å². The van der Waals surface area contributed by atoms with Gasteiger partial charge in [-0.05, 0) is 24.5 Å². The second-order valence-corrected chi connectivity index (χ2v) is 4.54. The summed E-state index contributed by atoms with van der Waals surface area (Å²) >= 11 is 0. The lowest BCUT2D eigenvalue weighted by Crippen LogP contribution is -2.31. The topological polar surface area (TPSA) is 40.5 Å². The van der Waals surface area contributed by atoms with Crippen molar-refractivity contribution in [2.75, 3.05) is 13.2 Å². The van der Waals surface area contributed by atoms with Crippen molar-refractivity contribution in [2.45, 2.75) is 25.9 Å². The molecular weight excluding hydrogens is 245 g/mol. The molecule has 0 aliphatic heterocycles. The Morgan fingerprint density at radius 1 is 1.11 bits per heavy atom. The van der Waals surface area contributed by atoms with Crippen LogP contribution in [0.2, 0.25) is 0 Å². The molecule has 0 radical (unpaired) electrons. The molecule has 0 heterocycles. The van der Waals surface area contributed by atoms with E-state index in [-0.39, 0.29) is 19.6 Å². The minimum Gasteiger partial charge on any atom is -0.396 e. The molecule has 0 fully saturated rings. The van der Waals surface area contributed by atoms with Crippen LogP contribution in [0, 0.1) is 5.41 Å². The van der Waals surface area contributed by atoms with Gasteiger partial charge in [0.25, 0.3) is 0 Å². The van der Waals surface area contributed by atoms with E-state index < -0.39 is 17.2 Å². The Kier molecular flexibility index (Phi) is 4.76. The Labute approximate surface area is 104 Å². The third kappa shape index (κ3) is 3.46. The SMILES string of the molecule is CCC(CO)(CO)Cc1cccc(C(F)(F)F)c1. The minimum absolute atomic E-state index is 0.223. The quantitative estimate of drug-likeness (QED) is 0.856. The monoisotopic (exact) mass is 262 g/mol. The molecule has 5 heteroatoms. The number of halogens is 3. The number of hydrogen-bond acceptors (Lipinski definition) is 2. The van der Waals surface area contributed by atoms with E-state index in [1.807, 2.05) is 0 Å². The van der Waals surface area contributed by atoms with Crippen LogP contribution in [0.1, 0.15) is 24.5 Å². The molecule has 1 rings (SSSR count). The van der Waals surface area contributed by atoms with Crippen molar-refractivity contribution >= 4 is 0 Å². The first-order valence-corrected chi connectivity index (χ1v) is 5.75. The molecular formula is C13H17F3O2. The van der Waals surface area contributed by atoms with Crippen molar-refractivity contribution in [3.05, 3.63) is 35.4 Å². The average Bonchev–Trinajstić information content (AvgIpc) is 2.35. The highest BCUT2D eigenvalue weighted by molar-refractivity contribution is 5.26. The van der Waals surface area contributed by atoms with Gasteiger partial charge >= 0.3 is 6.18 Å². The van der Waals surface area contributed by atoms with E-state index in [2.05, 4.69) is 0 Å². The van der Waals surface area contributed by atoms with Gasteiger partial charge < -0.3 is 10.2 Å². The van der Waals surface area contributed by atoms with Crippen LogP contribution >= 0.6 is 0 Å². The highest BCUT2D eigenvalue weighted by atomic mass is 19.4. The van der Waals surface area contributed by atoms with Crippen LogP contribution in [0.15, 0.2) is 24.3 Å². The molecule has 102 valence electrons. The van der Waals surface area contributed by atoms with Crippen molar-refractivity contribution in [1.29, 1.82) is 0 Å². The molecule has 2 N–H and O–H groups in total. The van der Waals surface area contributed by atoms with Crippen LogP contribution in [0.4, 0.5) is 13.2 Å². The van der Waals surface area contributed by atoms with E-state index in [1.165, 1.54) is 6.07 Å². The van der Waals surface area contributed by atoms with Crippen molar-refractivity contribution < 1.29 is 23.4 Å². The predicted octanol–water partition coefficient (Wildman–Crippen LogP) is 2.63. The van der Waals surface area contributed by atoms with Crippen LogP contribution in [-0.2, 0) is 12.6 Å². The summed E-state index contributed by atoms with van der Waals surface area (Å²) in [5.41, 5.74) is -1.000. The third-order valence-electron chi connectivity index (χ3n) is 3.25. The summed E-state index contributed by atoms with van der Waals surface area (Å²) in [6, 6.07) is 4.99. The van der Waals surface area contributed by atoms with E-state index in [1.54, 1.807) is 13.0 Å². The Bertz CT molecular complexity index is 376. The highest BCUT2D eigenvalue weighted by Crippen LogP contribution is 2.32. The van der Waals surface area contributed by atoms with Gasteiger partial charge in [0.2, 0.25) is 0 Å². The van der Waals surface area contributed by atoms with E-state index >= 15 is 0 Å². The summed E-state index contributed by atoms with van der Waals surface area (Å²) in [6.45, 7) is 1.28. The maximum atomic E-state index is 12.5. The summed E-state index contributed by atoms with van der Waals surface area (Å²) in [4.78, 5) is 0. The Morgan fingerprint density at radius 2 is 1.72 bits per heavy atom. The summed E-state index contributed by atoms with van der Waals surface area (Å²) in [5, 5.41) is 18.6. The lowest BCUT2D eigenvalue weighted by molar-refractivity contribution is -0.137. The smallest absolute Gasteiger partial charge is 0.396 e. The molecule has 18 heavy (non-hydrogen) atoms. The highest BCUT2D eigenvalue weighted by Gasteiger charge is 2.32. The molecule has 1 aromatic carbocycles. The van der Waals surface area contributed by atoms with Crippen LogP contribution in [-0.4, -0.2) is 23.4 Å². The van der Waals surface area contributed by atoms with Crippen molar-refractivity contribution in [3.63, 3.8) is 0 Å². The number of aliphatic hydroxyl groups is 2. The second kappa shape index (κ2) is 5.71. The molecule has 0 saturated carbocycles. The van der Waals surface area contributed by atoms with Crippen LogP contribution in [0.3, 0.4) is 0 Å². The molecule has 0 aromatic heterocycles. The van der Waals surface area contributed by atoms with Crippen molar-refractivity contribution in [1.82, 2.24) is 0 Å². The molecule has 0 unspecified atom stereocenters. The zero-order valence-corrected chi connectivity index (χ0v) is 10.2. The molecule has 0 bridgehead atoms. The zero-order valence-electron chi connectivity index (χ0n) is 10.2. The van der Waals surface area contributed by atoms with Crippen molar-refractivity contribution in [3.8, 4) is 0 Å². The van der Waals surface area contributed by atoms with E-state index in [0.717, 1.165) is 12.1 Å². The normalized spacial score (nSPS) is 12.8. The lowest BCUT2D eigenvalue weighted by atomic mass is 9.80. The average molecular weight is 262 g/mol. The van der Waals surface area contributed by atoms with Crippen LogP contribution < -0.4 is 0 Å². The van der Waals surface area contributed by atoms with Gasteiger partial charge in [-0.2, -0.15) is 13.2 Å². The first-order valence-electron chi connectivity index (χ1n) is 5.75. The molecule has 0 aliphatic carbocycles. The lowest BCUT2D eigenvalue weighted by Gasteiger charge is -2.28. The van der Waals surface area contributed by atoms with Crippen LogP contribution in [0.25, 0.3) is 0 Å². The second-order valence-electron chi connectivity index (χ2n) is 4.54. The summed E-state index contributed by atoms with van der Waals surface area (Å²) in [7, 11) is 0. The van der Waals surface area contributed by atoms with Gasteiger partial charge in [-0.15, -0.1) is 0 Å². The largest absolute Gasteiger partial charge is 0.416 e. The van der Waals surface area contributed by atoms with Gasteiger partial charge in [0.05, 0.1) is 18.8 Å². The van der Waals surface area contributed by atoms with Gasteiger partial charge in [-0.3, -0.25) is 0 Å². The summed E-state index contributed by atoms with van der Waals surface area (Å²) in [5.74, 6) is 0. The maximum absolute atomic E-state index is 12.5. The van der Waals surface area contributed by atoms with Gasteiger partial charge in [-0.1, -0.05) is 25.1 Å². The molecule has 0 spiro atoms. The molecule has 2 nitrogen and oxygen atoms in total. The number of benzene rings is 1. The third-order valence-corrected chi connectivity index (χ3v) is 3.25. The van der Waals surface area contributed by atoms with E-state index in [4.69, 9.17) is 0 Å². The van der Waals surface area contributed by atoms with Gasteiger partial charge in [0.1, 0.15) is 0 Å². The number of hydrogen-bond donors (Lipinski definition) is 2. The molecule has 1 aromatic rings. The predicted molar refractivity (Wildman–Crippen MR) is 62.0 cm³/mol. The molecule has 0 aliphatic rings. The van der Waals surface area contributed by atoms with Gasteiger partial charge in [0.15, 0.2) is 0 Å². The van der Waals surface area contributed by atoms with Crippen LogP contribution in [0.5, 0.6) is 0 Å². The molecule has 0 amide bonds. The number of alkyl halides is 3. The first-order chi connectivity index (χ1) is 8.37. The fourth-order valence-corrected chi connectivity index (χ4v) is 1.80. The first kappa shape index (κ1) is 15.0. The van der Waals surface area contributed by atoms with Crippen molar-refractivity contribution in [2.24, 2.45) is 5.41 Å². The summed E-state index contributed by atoms with van der Waals surface area (Å²) < 4.78 is 37.6. The zero-order chi connectivity index (χ0) is 13.8. The number of rotatable bonds is 5.